The van der Waals surface area contributed by atoms with Gasteiger partial charge in [0.05, 0.1) is 5.41 Å². The highest BCUT2D eigenvalue weighted by Crippen LogP contribution is 2.40. The first kappa shape index (κ1) is 10.6. The van der Waals surface area contributed by atoms with Gasteiger partial charge in [-0.3, -0.25) is 4.79 Å². The van der Waals surface area contributed by atoms with E-state index in [-0.39, 0.29) is 0 Å². The lowest BCUT2D eigenvalue weighted by Gasteiger charge is -2.36. The lowest BCUT2D eigenvalue weighted by atomic mass is 9.68. The topological polar surface area (TPSA) is 37.3 Å². The van der Waals surface area contributed by atoms with Crippen molar-refractivity contribution in [3.05, 3.63) is 0 Å². The number of carboxylic acid groups (broad SMARTS) is 1. The standard InChI is InChI=1S/C11H20O2/c1-8-5-4-6-9(7-8)11(2,3)10(12)13/h8-9H,4-7H2,1-3H3,(H,12,13). The molecule has 2 nitrogen and oxygen atoms in total. The van der Waals surface area contributed by atoms with E-state index in [0.29, 0.717) is 11.8 Å². The average Bonchev–Trinajstić information content (AvgIpc) is 2.04. The van der Waals surface area contributed by atoms with Crippen molar-refractivity contribution in [3.8, 4) is 0 Å². The van der Waals surface area contributed by atoms with Gasteiger partial charge in [0.15, 0.2) is 0 Å². The van der Waals surface area contributed by atoms with Gasteiger partial charge < -0.3 is 5.11 Å². The molecule has 1 aliphatic rings. The maximum Gasteiger partial charge on any atom is 0.309 e. The summed E-state index contributed by atoms with van der Waals surface area (Å²) in [6.45, 7) is 5.94. The minimum atomic E-state index is -0.647. The fraction of sp³-hybridized carbons (Fsp3) is 0.909. The summed E-state index contributed by atoms with van der Waals surface area (Å²) in [4.78, 5) is 11.0. The molecule has 0 amide bonds. The van der Waals surface area contributed by atoms with Crippen LogP contribution in [0.1, 0.15) is 46.5 Å². The Morgan fingerprint density at radius 1 is 1.38 bits per heavy atom. The van der Waals surface area contributed by atoms with Gasteiger partial charge in [0, 0.05) is 0 Å². The van der Waals surface area contributed by atoms with Gasteiger partial charge >= 0.3 is 5.97 Å². The van der Waals surface area contributed by atoms with Crippen LogP contribution in [0.15, 0.2) is 0 Å². The number of carbonyl (C=O) groups is 1. The quantitative estimate of drug-likeness (QED) is 0.716. The SMILES string of the molecule is CC1CCCC(C(C)(C)C(=O)O)C1. The predicted molar refractivity (Wildman–Crippen MR) is 52.5 cm³/mol. The van der Waals surface area contributed by atoms with Crippen LogP contribution >= 0.6 is 0 Å². The smallest absolute Gasteiger partial charge is 0.309 e. The maximum atomic E-state index is 11.0. The lowest BCUT2D eigenvalue weighted by Crippen LogP contribution is -2.35. The molecule has 0 spiro atoms. The molecule has 0 radical (unpaired) electrons. The molecule has 1 aliphatic carbocycles. The largest absolute Gasteiger partial charge is 0.481 e. The van der Waals surface area contributed by atoms with Crippen molar-refractivity contribution < 1.29 is 9.90 Å². The molecule has 0 heterocycles. The molecule has 2 heteroatoms. The monoisotopic (exact) mass is 184 g/mol. The van der Waals surface area contributed by atoms with Crippen molar-refractivity contribution in [2.24, 2.45) is 17.3 Å². The van der Waals surface area contributed by atoms with Gasteiger partial charge in [-0.1, -0.05) is 19.8 Å². The Bertz CT molecular complexity index is 196. The third-order valence-corrected chi connectivity index (χ3v) is 3.51. The molecule has 13 heavy (non-hydrogen) atoms. The van der Waals surface area contributed by atoms with Crippen molar-refractivity contribution in [2.45, 2.75) is 46.5 Å². The van der Waals surface area contributed by atoms with E-state index in [1.807, 2.05) is 13.8 Å². The van der Waals surface area contributed by atoms with E-state index in [9.17, 15) is 4.79 Å². The van der Waals surface area contributed by atoms with E-state index in [1.54, 1.807) is 0 Å². The van der Waals surface area contributed by atoms with Crippen molar-refractivity contribution >= 4 is 5.97 Å². The first-order valence-corrected chi connectivity index (χ1v) is 5.18. The van der Waals surface area contributed by atoms with Gasteiger partial charge in [-0.15, -0.1) is 0 Å². The van der Waals surface area contributed by atoms with Crippen LogP contribution in [0.4, 0.5) is 0 Å². The normalized spacial score (nSPS) is 30.1. The van der Waals surface area contributed by atoms with E-state index < -0.39 is 11.4 Å². The molecule has 2 atom stereocenters. The molecule has 1 N–H and O–H groups in total. The Kier molecular flexibility index (Phi) is 2.99. The Morgan fingerprint density at radius 2 is 2.00 bits per heavy atom. The number of aliphatic carboxylic acids is 1. The van der Waals surface area contributed by atoms with Gasteiger partial charge in [-0.25, -0.2) is 0 Å². The van der Waals surface area contributed by atoms with E-state index in [4.69, 9.17) is 5.11 Å². The molecule has 0 bridgehead atoms. The summed E-state index contributed by atoms with van der Waals surface area (Å²) in [6.07, 6.45) is 4.64. The molecule has 0 aromatic heterocycles. The van der Waals surface area contributed by atoms with Crippen LogP contribution < -0.4 is 0 Å². The number of carboxylic acids is 1. The summed E-state index contributed by atoms with van der Waals surface area (Å²) in [5.41, 5.74) is -0.533. The van der Waals surface area contributed by atoms with Crippen molar-refractivity contribution in [3.63, 3.8) is 0 Å². The first-order valence-electron chi connectivity index (χ1n) is 5.18. The highest BCUT2D eigenvalue weighted by Gasteiger charge is 2.38. The molecular formula is C11H20O2. The zero-order chi connectivity index (χ0) is 10.1. The molecule has 0 saturated heterocycles. The van der Waals surface area contributed by atoms with E-state index >= 15 is 0 Å². The summed E-state index contributed by atoms with van der Waals surface area (Å²) < 4.78 is 0. The predicted octanol–water partition coefficient (Wildman–Crippen LogP) is 2.92. The number of rotatable bonds is 2. The van der Waals surface area contributed by atoms with Gasteiger partial charge in [0.25, 0.3) is 0 Å². The highest BCUT2D eigenvalue weighted by atomic mass is 16.4. The molecule has 0 aliphatic heterocycles. The average molecular weight is 184 g/mol. The summed E-state index contributed by atoms with van der Waals surface area (Å²) in [7, 11) is 0. The van der Waals surface area contributed by atoms with Gasteiger partial charge in [-0.05, 0) is 38.5 Å². The molecule has 76 valence electrons. The first-order chi connectivity index (χ1) is 5.94. The minimum Gasteiger partial charge on any atom is -0.481 e. The van der Waals surface area contributed by atoms with Crippen LogP contribution in [-0.4, -0.2) is 11.1 Å². The lowest BCUT2D eigenvalue weighted by molar-refractivity contribution is -0.151. The van der Waals surface area contributed by atoms with Crippen LogP contribution in [-0.2, 0) is 4.79 Å². The maximum absolute atomic E-state index is 11.0. The molecule has 1 fully saturated rings. The van der Waals surface area contributed by atoms with Crippen LogP contribution in [0.2, 0.25) is 0 Å². The fourth-order valence-electron chi connectivity index (χ4n) is 2.26. The van der Waals surface area contributed by atoms with Gasteiger partial charge in [0.1, 0.15) is 0 Å². The Hall–Kier alpha value is -0.530. The van der Waals surface area contributed by atoms with E-state index in [1.165, 1.54) is 12.8 Å². The third-order valence-electron chi connectivity index (χ3n) is 3.51. The highest BCUT2D eigenvalue weighted by molar-refractivity contribution is 5.74. The fourth-order valence-corrected chi connectivity index (χ4v) is 2.26. The molecular weight excluding hydrogens is 164 g/mol. The zero-order valence-electron chi connectivity index (χ0n) is 8.84. The van der Waals surface area contributed by atoms with Crippen LogP contribution in [0.3, 0.4) is 0 Å². The molecule has 0 aromatic carbocycles. The Morgan fingerprint density at radius 3 is 2.46 bits per heavy atom. The summed E-state index contributed by atoms with van der Waals surface area (Å²) >= 11 is 0. The van der Waals surface area contributed by atoms with E-state index in [0.717, 1.165) is 12.8 Å². The van der Waals surface area contributed by atoms with Crippen molar-refractivity contribution in [1.29, 1.82) is 0 Å². The molecule has 1 saturated carbocycles. The summed E-state index contributed by atoms with van der Waals surface area (Å²) in [5, 5.41) is 9.08. The van der Waals surface area contributed by atoms with Gasteiger partial charge in [-0.2, -0.15) is 0 Å². The number of hydrogen-bond donors (Lipinski definition) is 1. The van der Waals surface area contributed by atoms with E-state index in [2.05, 4.69) is 6.92 Å². The molecule has 1 rings (SSSR count). The second-order valence-electron chi connectivity index (χ2n) is 5.00. The van der Waals surface area contributed by atoms with Crippen LogP contribution in [0, 0.1) is 17.3 Å². The summed E-state index contributed by atoms with van der Waals surface area (Å²) in [5.74, 6) is 0.428. The van der Waals surface area contributed by atoms with Crippen LogP contribution in [0.5, 0.6) is 0 Å². The van der Waals surface area contributed by atoms with Gasteiger partial charge in [0.2, 0.25) is 0 Å². The second kappa shape index (κ2) is 3.69. The number of hydrogen-bond acceptors (Lipinski definition) is 1. The minimum absolute atomic E-state index is 0.369. The van der Waals surface area contributed by atoms with Crippen molar-refractivity contribution in [2.75, 3.05) is 0 Å². The Balaban J connectivity index is 2.64. The zero-order valence-corrected chi connectivity index (χ0v) is 8.84. The summed E-state index contributed by atoms with van der Waals surface area (Å²) in [6, 6.07) is 0. The molecule has 2 unspecified atom stereocenters. The third kappa shape index (κ3) is 2.23. The van der Waals surface area contributed by atoms with Crippen molar-refractivity contribution in [1.82, 2.24) is 0 Å². The van der Waals surface area contributed by atoms with Crippen LogP contribution in [0.25, 0.3) is 0 Å². The Labute approximate surface area is 80.3 Å². The molecule has 0 aromatic rings. The second-order valence-corrected chi connectivity index (χ2v) is 5.00.